The normalized spacial score (nSPS) is 11.2. The molecule has 0 radical (unpaired) electrons. The number of fused-ring (bicyclic) bond motifs is 1. The molecule has 0 aliphatic rings. The van der Waals surface area contributed by atoms with Crippen LogP contribution < -0.4 is 10.7 Å². The van der Waals surface area contributed by atoms with Gasteiger partial charge in [-0.05, 0) is 29.4 Å². The van der Waals surface area contributed by atoms with E-state index in [2.05, 4.69) is 47.0 Å². The summed E-state index contributed by atoms with van der Waals surface area (Å²) in [5.74, 6) is 0. The van der Waals surface area contributed by atoms with Crippen LogP contribution in [0.2, 0.25) is 0 Å². The maximum Gasteiger partial charge on any atom is 0.186 e. The number of rotatable bonds is 13. The molecule has 0 amide bonds. The maximum atomic E-state index is 5.30. The van der Waals surface area contributed by atoms with Crippen LogP contribution in [-0.2, 0) is 0 Å². The first-order valence-corrected chi connectivity index (χ1v) is 11.3. The monoisotopic (exact) mass is 397 g/mol. The molecule has 4 heteroatoms. The number of benzene rings is 2. The molecule has 28 heavy (non-hydrogen) atoms. The van der Waals surface area contributed by atoms with Gasteiger partial charge >= 0.3 is 0 Å². The van der Waals surface area contributed by atoms with E-state index in [1.54, 1.807) is 0 Å². The number of nitrogens with one attached hydrogen (secondary N) is 2. The number of hydrogen-bond donors (Lipinski definition) is 2. The van der Waals surface area contributed by atoms with E-state index in [9.17, 15) is 0 Å². The lowest BCUT2D eigenvalue weighted by atomic mass is 10.1. The van der Waals surface area contributed by atoms with Gasteiger partial charge in [-0.2, -0.15) is 5.10 Å². The SMILES string of the molecule is CCCCCCCCCCCCNC(=S)NN=Cc1cccc2ccccc12. The summed E-state index contributed by atoms with van der Waals surface area (Å²) in [6, 6.07) is 14.5. The highest BCUT2D eigenvalue weighted by Crippen LogP contribution is 2.16. The Balaban J connectivity index is 1.53. The lowest BCUT2D eigenvalue weighted by Crippen LogP contribution is -2.32. The van der Waals surface area contributed by atoms with Crippen molar-refractivity contribution in [2.75, 3.05) is 6.54 Å². The molecule has 2 N–H and O–H groups in total. The number of hydrazone groups is 1. The summed E-state index contributed by atoms with van der Waals surface area (Å²) in [5.41, 5.74) is 4.01. The maximum absolute atomic E-state index is 5.30. The molecule has 0 aliphatic carbocycles. The van der Waals surface area contributed by atoms with Crippen molar-refractivity contribution in [3.63, 3.8) is 0 Å². The Labute approximate surface area is 176 Å². The highest BCUT2D eigenvalue weighted by molar-refractivity contribution is 7.80. The molecular formula is C24H35N3S. The van der Waals surface area contributed by atoms with Crippen LogP contribution in [0.15, 0.2) is 47.6 Å². The van der Waals surface area contributed by atoms with E-state index in [4.69, 9.17) is 12.2 Å². The second kappa shape index (κ2) is 14.1. The molecule has 2 aromatic rings. The Hall–Kier alpha value is -1.94. The third-order valence-corrected chi connectivity index (χ3v) is 5.24. The highest BCUT2D eigenvalue weighted by Gasteiger charge is 1.98. The van der Waals surface area contributed by atoms with Crippen molar-refractivity contribution < 1.29 is 0 Å². The quantitative estimate of drug-likeness (QED) is 0.174. The van der Waals surface area contributed by atoms with E-state index in [0.717, 1.165) is 18.5 Å². The summed E-state index contributed by atoms with van der Waals surface area (Å²) in [6.07, 6.45) is 15.3. The van der Waals surface area contributed by atoms with Gasteiger partial charge in [0.15, 0.2) is 5.11 Å². The Bertz CT molecular complexity index is 721. The molecule has 0 bridgehead atoms. The Morgan fingerprint density at radius 1 is 0.857 bits per heavy atom. The molecule has 0 unspecified atom stereocenters. The van der Waals surface area contributed by atoms with Crippen LogP contribution in [0, 0.1) is 0 Å². The van der Waals surface area contributed by atoms with Gasteiger partial charge in [0.2, 0.25) is 0 Å². The Kier molecular flexibility index (Phi) is 11.3. The second-order valence-corrected chi connectivity index (χ2v) is 7.78. The van der Waals surface area contributed by atoms with Gasteiger partial charge in [0.05, 0.1) is 6.21 Å². The fourth-order valence-corrected chi connectivity index (χ4v) is 3.53. The molecule has 0 spiro atoms. The predicted molar refractivity (Wildman–Crippen MR) is 127 cm³/mol. The molecule has 2 aromatic carbocycles. The zero-order valence-electron chi connectivity index (χ0n) is 17.3. The Morgan fingerprint density at radius 3 is 2.25 bits per heavy atom. The molecule has 0 saturated heterocycles. The highest BCUT2D eigenvalue weighted by atomic mass is 32.1. The van der Waals surface area contributed by atoms with E-state index >= 15 is 0 Å². The van der Waals surface area contributed by atoms with Crippen LogP contribution in [0.25, 0.3) is 10.8 Å². The van der Waals surface area contributed by atoms with Crippen molar-refractivity contribution in [1.82, 2.24) is 10.7 Å². The van der Waals surface area contributed by atoms with Crippen LogP contribution in [0.4, 0.5) is 0 Å². The van der Waals surface area contributed by atoms with E-state index in [0.29, 0.717) is 5.11 Å². The van der Waals surface area contributed by atoms with Gasteiger partial charge in [-0.3, -0.25) is 5.43 Å². The molecular weight excluding hydrogens is 362 g/mol. The molecule has 0 heterocycles. The van der Waals surface area contributed by atoms with Crippen molar-refractivity contribution >= 4 is 34.3 Å². The number of thiocarbonyl (C=S) groups is 1. The lowest BCUT2D eigenvalue weighted by Gasteiger charge is -2.07. The first-order chi connectivity index (χ1) is 13.8. The summed E-state index contributed by atoms with van der Waals surface area (Å²) in [6.45, 7) is 3.18. The van der Waals surface area contributed by atoms with E-state index in [1.807, 2.05) is 24.4 Å². The van der Waals surface area contributed by atoms with Gasteiger partial charge in [-0.15, -0.1) is 0 Å². The smallest absolute Gasteiger partial charge is 0.186 e. The fourth-order valence-electron chi connectivity index (χ4n) is 3.38. The van der Waals surface area contributed by atoms with Gasteiger partial charge < -0.3 is 5.32 Å². The molecule has 152 valence electrons. The van der Waals surface area contributed by atoms with Gasteiger partial charge in [-0.1, -0.05) is 107 Å². The predicted octanol–water partition coefficient (Wildman–Crippen LogP) is 6.56. The van der Waals surface area contributed by atoms with Gasteiger partial charge in [0.25, 0.3) is 0 Å². The summed E-state index contributed by atoms with van der Waals surface area (Å²) < 4.78 is 0. The van der Waals surface area contributed by atoms with Crippen LogP contribution in [0.3, 0.4) is 0 Å². The number of hydrogen-bond acceptors (Lipinski definition) is 2. The average molecular weight is 398 g/mol. The van der Waals surface area contributed by atoms with Crippen LogP contribution in [0.5, 0.6) is 0 Å². The molecule has 0 atom stereocenters. The molecule has 2 rings (SSSR count). The fraction of sp³-hybridized carbons (Fsp3) is 0.500. The van der Waals surface area contributed by atoms with Crippen LogP contribution in [-0.4, -0.2) is 17.9 Å². The standard InChI is InChI=1S/C24H35N3S/c1-2-3-4-5-6-7-8-9-10-13-19-25-24(28)27-26-20-22-17-14-16-21-15-11-12-18-23(21)22/h11-12,14-18,20H,2-10,13,19H2,1H3,(H2,25,27,28). The largest absolute Gasteiger partial charge is 0.361 e. The average Bonchev–Trinajstić information content (AvgIpc) is 2.72. The Morgan fingerprint density at radius 2 is 1.50 bits per heavy atom. The van der Waals surface area contributed by atoms with Gasteiger partial charge in [-0.25, -0.2) is 0 Å². The topological polar surface area (TPSA) is 36.4 Å². The molecule has 0 saturated carbocycles. The van der Waals surface area contributed by atoms with Gasteiger partial charge in [0.1, 0.15) is 0 Å². The van der Waals surface area contributed by atoms with Crippen molar-refractivity contribution in [1.29, 1.82) is 0 Å². The zero-order chi connectivity index (χ0) is 19.9. The minimum absolute atomic E-state index is 0.590. The first kappa shape index (κ1) is 22.4. The van der Waals surface area contributed by atoms with Crippen molar-refractivity contribution in [3.8, 4) is 0 Å². The van der Waals surface area contributed by atoms with Crippen LogP contribution >= 0.6 is 12.2 Å². The minimum atomic E-state index is 0.590. The van der Waals surface area contributed by atoms with Crippen molar-refractivity contribution in [2.24, 2.45) is 5.10 Å². The molecule has 0 aromatic heterocycles. The minimum Gasteiger partial charge on any atom is -0.361 e. The molecule has 0 fully saturated rings. The van der Waals surface area contributed by atoms with Gasteiger partial charge in [0, 0.05) is 12.1 Å². The third kappa shape index (κ3) is 8.83. The summed E-state index contributed by atoms with van der Waals surface area (Å²) in [7, 11) is 0. The third-order valence-electron chi connectivity index (χ3n) is 5.01. The summed E-state index contributed by atoms with van der Waals surface area (Å²) >= 11 is 5.30. The lowest BCUT2D eigenvalue weighted by molar-refractivity contribution is 0.554. The summed E-state index contributed by atoms with van der Waals surface area (Å²) in [4.78, 5) is 0. The van der Waals surface area contributed by atoms with E-state index in [1.165, 1.54) is 68.6 Å². The van der Waals surface area contributed by atoms with Crippen LogP contribution in [0.1, 0.15) is 76.7 Å². The van der Waals surface area contributed by atoms with E-state index in [-0.39, 0.29) is 0 Å². The van der Waals surface area contributed by atoms with Crippen molar-refractivity contribution in [2.45, 2.75) is 71.1 Å². The van der Waals surface area contributed by atoms with E-state index < -0.39 is 0 Å². The number of unbranched alkanes of at least 4 members (excludes halogenated alkanes) is 9. The number of nitrogens with zero attached hydrogens (tertiary/aromatic N) is 1. The molecule has 3 nitrogen and oxygen atoms in total. The first-order valence-electron chi connectivity index (χ1n) is 10.9. The van der Waals surface area contributed by atoms with Crippen molar-refractivity contribution in [3.05, 3.63) is 48.0 Å². The summed E-state index contributed by atoms with van der Waals surface area (Å²) in [5, 5.41) is 10.5. The zero-order valence-corrected chi connectivity index (χ0v) is 18.1. The second-order valence-electron chi connectivity index (χ2n) is 7.38. The molecule has 0 aliphatic heterocycles.